The highest BCUT2D eigenvalue weighted by atomic mass is 32.1. The normalized spacial score (nSPS) is 24.3. The van der Waals surface area contributed by atoms with Gasteiger partial charge in [0.05, 0.1) is 6.10 Å². The minimum atomic E-state index is 0.394. The summed E-state index contributed by atoms with van der Waals surface area (Å²) in [4.78, 5) is 3.99. The first-order chi connectivity index (χ1) is 8.69. The van der Waals surface area contributed by atoms with Crippen LogP contribution in [0.4, 0.5) is 0 Å². The molecule has 1 aromatic rings. The van der Waals surface area contributed by atoms with Crippen molar-refractivity contribution in [1.82, 2.24) is 10.2 Å². The number of hydrogen-bond acceptors (Lipinski definition) is 4. The van der Waals surface area contributed by atoms with Crippen LogP contribution in [0.15, 0.2) is 17.5 Å². The van der Waals surface area contributed by atoms with Crippen LogP contribution in [0.2, 0.25) is 0 Å². The summed E-state index contributed by atoms with van der Waals surface area (Å²) in [7, 11) is 1.81. The Bertz CT molecular complexity index is 340. The Morgan fingerprint density at radius 2 is 2.39 bits per heavy atom. The zero-order valence-electron chi connectivity index (χ0n) is 11.6. The van der Waals surface area contributed by atoms with Gasteiger partial charge in [-0.3, -0.25) is 4.90 Å². The lowest BCUT2D eigenvalue weighted by atomic mass is 10.1. The minimum absolute atomic E-state index is 0.394. The van der Waals surface area contributed by atoms with Gasteiger partial charge in [-0.2, -0.15) is 0 Å². The summed E-state index contributed by atoms with van der Waals surface area (Å²) in [5, 5.41) is 5.71. The minimum Gasteiger partial charge on any atom is -0.380 e. The van der Waals surface area contributed by atoms with Crippen LogP contribution < -0.4 is 5.32 Å². The molecule has 1 fully saturated rings. The highest BCUT2D eigenvalue weighted by molar-refractivity contribution is 7.09. The smallest absolute Gasteiger partial charge is 0.0711 e. The molecule has 1 N–H and O–H groups in total. The molecule has 2 atom stereocenters. The average Bonchev–Trinajstić information content (AvgIpc) is 2.99. The zero-order chi connectivity index (χ0) is 13.0. The van der Waals surface area contributed by atoms with Gasteiger partial charge in [0, 0.05) is 43.7 Å². The first-order valence-electron chi connectivity index (χ1n) is 6.71. The topological polar surface area (TPSA) is 24.5 Å². The molecule has 0 amide bonds. The number of nitrogens with zero attached hydrogens (tertiary/aromatic N) is 1. The Balaban J connectivity index is 1.87. The average molecular weight is 268 g/mol. The number of ether oxygens (including phenoxy) is 1. The third-order valence-corrected chi connectivity index (χ3v) is 4.50. The molecule has 18 heavy (non-hydrogen) atoms. The first-order valence-corrected chi connectivity index (χ1v) is 7.59. The van der Waals surface area contributed by atoms with Crippen molar-refractivity contribution in [3.63, 3.8) is 0 Å². The molecule has 0 spiro atoms. The predicted octanol–water partition coefficient (Wildman–Crippen LogP) is 2.34. The van der Waals surface area contributed by atoms with Crippen molar-refractivity contribution in [3.8, 4) is 0 Å². The van der Waals surface area contributed by atoms with Gasteiger partial charge in [-0.05, 0) is 31.7 Å². The molecule has 2 rings (SSSR count). The maximum atomic E-state index is 5.41. The largest absolute Gasteiger partial charge is 0.380 e. The van der Waals surface area contributed by atoms with Crippen molar-refractivity contribution in [2.45, 2.75) is 45.0 Å². The lowest BCUT2D eigenvalue weighted by Gasteiger charge is -2.28. The fourth-order valence-corrected chi connectivity index (χ4v) is 3.17. The Kier molecular flexibility index (Phi) is 5.18. The maximum Gasteiger partial charge on any atom is 0.0711 e. The lowest BCUT2D eigenvalue weighted by molar-refractivity contribution is 0.114. The van der Waals surface area contributed by atoms with Crippen LogP contribution in [0.25, 0.3) is 0 Å². The maximum absolute atomic E-state index is 5.41. The molecule has 0 aromatic carbocycles. The van der Waals surface area contributed by atoms with E-state index >= 15 is 0 Å². The first kappa shape index (κ1) is 14.0. The molecule has 2 heterocycles. The van der Waals surface area contributed by atoms with Gasteiger partial charge in [0.25, 0.3) is 0 Å². The van der Waals surface area contributed by atoms with E-state index in [9.17, 15) is 0 Å². The zero-order valence-corrected chi connectivity index (χ0v) is 12.4. The Labute approximate surface area is 114 Å². The summed E-state index contributed by atoms with van der Waals surface area (Å²) in [6, 6.07) is 5.50. The van der Waals surface area contributed by atoms with Crippen molar-refractivity contribution in [2.24, 2.45) is 0 Å². The third-order valence-electron chi connectivity index (χ3n) is 3.64. The van der Waals surface area contributed by atoms with Gasteiger partial charge in [0.1, 0.15) is 0 Å². The number of thiophene rings is 1. The van der Waals surface area contributed by atoms with Gasteiger partial charge in [0.2, 0.25) is 0 Å². The number of rotatable bonds is 6. The van der Waals surface area contributed by atoms with E-state index in [1.54, 1.807) is 7.11 Å². The van der Waals surface area contributed by atoms with Crippen LogP contribution in [0.1, 0.15) is 25.1 Å². The van der Waals surface area contributed by atoms with Crippen LogP contribution in [-0.2, 0) is 11.3 Å². The summed E-state index contributed by atoms with van der Waals surface area (Å²) in [6.45, 7) is 7.71. The fourth-order valence-electron chi connectivity index (χ4n) is 2.44. The molecular weight excluding hydrogens is 244 g/mol. The molecule has 2 unspecified atom stereocenters. The quantitative estimate of drug-likeness (QED) is 0.857. The second-order valence-electron chi connectivity index (χ2n) is 5.30. The predicted molar refractivity (Wildman–Crippen MR) is 77.1 cm³/mol. The van der Waals surface area contributed by atoms with Crippen LogP contribution in [0.5, 0.6) is 0 Å². The summed E-state index contributed by atoms with van der Waals surface area (Å²) in [5.41, 5.74) is 0. The van der Waals surface area contributed by atoms with E-state index in [1.165, 1.54) is 4.88 Å². The highest BCUT2D eigenvalue weighted by Gasteiger charge is 2.26. The van der Waals surface area contributed by atoms with Crippen molar-refractivity contribution < 1.29 is 4.74 Å². The lowest BCUT2D eigenvalue weighted by Crippen LogP contribution is -2.40. The molecule has 0 saturated carbocycles. The molecule has 0 bridgehead atoms. The molecule has 102 valence electrons. The van der Waals surface area contributed by atoms with Gasteiger partial charge in [-0.15, -0.1) is 11.3 Å². The molecule has 1 aliphatic heterocycles. The van der Waals surface area contributed by atoms with Gasteiger partial charge < -0.3 is 10.1 Å². The third kappa shape index (κ3) is 3.79. The Morgan fingerprint density at radius 3 is 2.94 bits per heavy atom. The van der Waals surface area contributed by atoms with Crippen LogP contribution in [0, 0.1) is 0 Å². The van der Waals surface area contributed by atoms with Crippen molar-refractivity contribution in [2.75, 3.05) is 20.2 Å². The monoisotopic (exact) mass is 268 g/mol. The van der Waals surface area contributed by atoms with E-state index < -0.39 is 0 Å². The number of methoxy groups -OCH3 is 1. The van der Waals surface area contributed by atoms with Crippen molar-refractivity contribution >= 4 is 11.3 Å². The molecule has 0 aliphatic carbocycles. The number of nitrogens with one attached hydrogen (secondary N) is 1. The van der Waals surface area contributed by atoms with Gasteiger partial charge in [-0.1, -0.05) is 6.07 Å². The van der Waals surface area contributed by atoms with Crippen molar-refractivity contribution in [1.29, 1.82) is 0 Å². The molecular formula is C14H24N2OS. The van der Waals surface area contributed by atoms with E-state index in [2.05, 4.69) is 41.6 Å². The van der Waals surface area contributed by atoms with E-state index in [4.69, 9.17) is 4.74 Å². The van der Waals surface area contributed by atoms with Crippen LogP contribution in [-0.4, -0.2) is 43.3 Å². The fraction of sp³-hybridized carbons (Fsp3) is 0.714. The van der Waals surface area contributed by atoms with Gasteiger partial charge in [0.15, 0.2) is 0 Å². The molecule has 1 saturated heterocycles. The second kappa shape index (κ2) is 6.66. The Hall–Kier alpha value is -0.420. The standard InChI is InChI=1S/C14H24N2OS/c1-11(2)16(10-14-5-4-6-18-14)9-12-7-13(17-3)8-15-12/h4-6,11-13,15H,7-10H2,1-3H3. The van der Waals surface area contributed by atoms with E-state index in [-0.39, 0.29) is 0 Å². The molecule has 4 heteroatoms. The van der Waals surface area contributed by atoms with Crippen LogP contribution >= 0.6 is 11.3 Å². The Morgan fingerprint density at radius 1 is 1.56 bits per heavy atom. The van der Waals surface area contributed by atoms with E-state index in [0.717, 1.165) is 26.1 Å². The number of hydrogen-bond donors (Lipinski definition) is 1. The van der Waals surface area contributed by atoms with E-state index in [0.29, 0.717) is 18.2 Å². The summed E-state index contributed by atoms with van der Waals surface area (Å²) in [6.07, 6.45) is 1.52. The van der Waals surface area contributed by atoms with Gasteiger partial charge in [-0.25, -0.2) is 0 Å². The summed E-state index contributed by atoms with van der Waals surface area (Å²) in [5.74, 6) is 0. The molecule has 0 radical (unpaired) electrons. The molecule has 3 nitrogen and oxygen atoms in total. The van der Waals surface area contributed by atoms with E-state index in [1.807, 2.05) is 11.3 Å². The molecule has 1 aliphatic rings. The van der Waals surface area contributed by atoms with Gasteiger partial charge >= 0.3 is 0 Å². The summed E-state index contributed by atoms with van der Waals surface area (Å²) < 4.78 is 5.41. The molecule has 1 aromatic heterocycles. The van der Waals surface area contributed by atoms with Crippen LogP contribution in [0.3, 0.4) is 0 Å². The summed E-state index contributed by atoms with van der Waals surface area (Å²) >= 11 is 1.84. The highest BCUT2D eigenvalue weighted by Crippen LogP contribution is 2.17. The second-order valence-corrected chi connectivity index (χ2v) is 6.33. The SMILES string of the molecule is COC1CNC(CN(Cc2cccs2)C(C)C)C1. The van der Waals surface area contributed by atoms with Crippen molar-refractivity contribution in [3.05, 3.63) is 22.4 Å².